The number of rotatable bonds is 9. The highest BCUT2D eigenvalue weighted by Gasteiger charge is 2.24. The van der Waals surface area contributed by atoms with Crippen LogP contribution in [0.1, 0.15) is 59.6 Å². The topological polar surface area (TPSA) is 118 Å². The number of aldehydes is 1. The van der Waals surface area contributed by atoms with Gasteiger partial charge in [-0.15, -0.1) is 0 Å². The fraction of sp³-hybridized carbons (Fsp3) is 0.222. The van der Waals surface area contributed by atoms with Gasteiger partial charge in [0.15, 0.2) is 5.84 Å². The van der Waals surface area contributed by atoms with Crippen LogP contribution in [0.15, 0.2) is 96.0 Å². The maximum atomic E-state index is 15.2. The van der Waals surface area contributed by atoms with Gasteiger partial charge in [-0.05, 0) is 87.2 Å². The van der Waals surface area contributed by atoms with E-state index in [0.29, 0.717) is 28.7 Å². The highest BCUT2D eigenvalue weighted by atomic mass is 19.1. The molecule has 236 valence electrons. The average molecular weight is 623 g/mol. The Hall–Kier alpha value is -5.35. The summed E-state index contributed by atoms with van der Waals surface area (Å²) in [5.74, 6) is -0.755. The lowest BCUT2D eigenvalue weighted by Crippen LogP contribution is -2.37. The van der Waals surface area contributed by atoms with Crippen LogP contribution in [0.2, 0.25) is 0 Å². The molecule has 5 rings (SSSR count). The lowest BCUT2D eigenvalue weighted by atomic mass is 10.0. The predicted octanol–water partition coefficient (Wildman–Crippen LogP) is 6.67. The molecule has 46 heavy (non-hydrogen) atoms. The van der Waals surface area contributed by atoms with Crippen LogP contribution in [0.3, 0.4) is 0 Å². The van der Waals surface area contributed by atoms with Crippen LogP contribution >= 0.6 is 0 Å². The summed E-state index contributed by atoms with van der Waals surface area (Å²) < 4.78 is 20.5. The molecule has 3 N–H and O–H groups in total. The second-order valence-electron chi connectivity index (χ2n) is 12.0. The van der Waals surface area contributed by atoms with E-state index in [0.717, 1.165) is 16.7 Å². The minimum absolute atomic E-state index is 0.104. The van der Waals surface area contributed by atoms with Crippen LogP contribution in [0.25, 0.3) is 11.1 Å². The predicted molar refractivity (Wildman–Crippen MR) is 174 cm³/mol. The molecule has 9 nitrogen and oxygen atoms in total. The minimum atomic E-state index is -0.858. The van der Waals surface area contributed by atoms with Gasteiger partial charge in [0.1, 0.15) is 17.7 Å². The SMILES string of the molecule is Cc1ccc(-c2cccc(C(=O)NC(C=O)Cc3ccc(C4=NC(c5ccc(NC(=O)OC(C)(C)C)cc5)ON4)c(F)c3)c2)cc1. The molecule has 0 fully saturated rings. The molecule has 0 saturated heterocycles. The summed E-state index contributed by atoms with van der Waals surface area (Å²) in [6.07, 6.45) is -0.553. The smallest absolute Gasteiger partial charge is 0.412 e. The molecule has 0 aliphatic carbocycles. The Morgan fingerprint density at radius 2 is 1.74 bits per heavy atom. The molecule has 1 heterocycles. The third-order valence-corrected chi connectivity index (χ3v) is 7.09. The van der Waals surface area contributed by atoms with Crippen LogP contribution < -0.4 is 16.1 Å². The van der Waals surface area contributed by atoms with Crippen molar-refractivity contribution in [3.05, 3.63) is 125 Å². The molecule has 2 unspecified atom stereocenters. The lowest BCUT2D eigenvalue weighted by Gasteiger charge is -2.19. The molecule has 10 heteroatoms. The monoisotopic (exact) mass is 622 g/mol. The van der Waals surface area contributed by atoms with E-state index in [1.165, 1.54) is 6.07 Å². The van der Waals surface area contributed by atoms with E-state index >= 15 is 4.39 Å². The Labute approximate surface area is 266 Å². The number of nitrogens with zero attached hydrogens (tertiary/aromatic N) is 1. The Kier molecular flexibility index (Phi) is 9.58. The largest absolute Gasteiger partial charge is 0.444 e. The van der Waals surface area contributed by atoms with Crippen molar-refractivity contribution in [2.45, 2.75) is 52.0 Å². The lowest BCUT2D eigenvalue weighted by molar-refractivity contribution is -0.109. The van der Waals surface area contributed by atoms with Gasteiger partial charge < -0.3 is 14.8 Å². The number of hydrogen-bond donors (Lipinski definition) is 3. The summed E-state index contributed by atoms with van der Waals surface area (Å²) in [5, 5.41) is 5.40. The summed E-state index contributed by atoms with van der Waals surface area (Å²) in [4.78, 5) is 46.9. The van der Waals surface area contributed by atoms with E-state index in [1.54, 1.807) is 75.4 Å². The Morgan fingerprint density at radius 3 is 2.41 bits per heavy atom. The number of ether oxygens (including phenoxy) is 1. The zero-order valence-electron chi connectivity index (χ0n) is 26.0. The molecule has 2 amide bonds. The first kappa shape index (κ1) is 32.1. The number of hydrogen-bond acceptors (Lipinski definition) is 7. The molecular formula is C36H35FN4O5. The molecule has 0 bridgehead atoms. The number of amides is 2. The highest BCUT2D eigenvalue weighted by Crippen LogP contribution is 2.26. The summed E-state index contributed by atoms with van der Waals surface area (Å²) >= 11 is 0. The normalized spacial score (nSPS) is 14.9. The Bertz CT molecular complexity index is 1760. The van der Waals surface area contributed by atoms with Gasteiger partial charge in [-0.2, -0.15) is 0 Å². The van der Waals surface area contributed by atoms with E-state index in [-0.39, 0.29) is 17.8 Å². The second-order valence-corrected chi connectivity index (χ2v) is 12.0. The summed E-state index contributed by atoms with van der Waals surface area (Å²) in [6.45, 7) is 7.35. The van der Waals surface area contributed by atoms with Gasteiger partial charge in [0.05, 0.1) is 11.6 Å². The summed E-state index contributed by atoms with van der Waals surface area (Å²) in [6, 6.07) is 25.7. The fourth-order valence-electron chi connectivity index (χ4n) is 4.80. The van der Waals surface area contributed by atoms with Crippen molar-refractivity contribution in [1.29, 1.82) is 0 Å². The zero-order valence-corrected chi connectivity index (χ0v) is 26.0. The molecule has 1 aliphatic heterocycles. The van der Waals surface area contributed by atoms with Crippen molar-refractivity contribution in [1.82, 2.24) is 10.8 Å². The Morgan fingerprint density at radius 1 is 1.00 bits per heavy atom. The number of aliphatic imine (C=N–C) groups is 1. The third kappa shape index (κ3) is 8.22. The van der Waals surface area contributed by atoms with Crippen LogP contribution in [-0.2, 0) is 20.8 Å². The van der Waals surface area contributed by atoms with Gasteiger partial charge in [-0.25, -0.2) is 24.5 Å². The molecule has 0 aromatic heterocycles. The number of halogens is 1. The molecule has 4 aromatic rings. The zero-order chi connectivity index (χ0) is 32.8. The number of benzene rings is 4. The standard InChI is InChI=1S/C36H35FN4O5/c1-22-8-11-24(12-9-22)26-6-5-7-27(20-26)33(43)38-29(21-42)18-23-10-17-30(31(37)19-23)32-40-34(46-41-32)25-13-15-28(16-14-25)39-35(44)45-36(2,3)4/h5-17,19-21,29,34H,18H2,1-4H3,(H,38,43)(H,39,44)(H,40,41). The van der Waals surface area contributed by atoms with Crippen molar-refractivity contribution < 1.29 is 28.3 Å². The van der Waals surface area contributed by atoms with Crippen LogP contribution in [0.4, 0.5) is 14.9 Å². The van der Waals surface area contributed by atoms with Gasteiger partial charge >= 0.3 is 6.09 Å². The Balaban J connectivity index is 1.20. The molecule has 1 aliphatic rings. The van der Waals surface area contributed by atoms with Crippen molar-refractivity contribution in [2.75, 3.05) is 5.32 Å². The minimum Gasteiger partial charge on any atom is -0.444 e. The van der Waals surface area contributed by atoms with Gasteiger partial charge in [0.25, 0.3) is 5.91 Å². The van der Waals surface area contributed by atoms with Crippen molar-refractivity contribution >= 4 is 29.8 Å². The van der Waals surface area contributed by atoms with E-state index in [9.17, 15) is 14.4 Å². The number of nitrogens with one attached hydrogen (secondary N) is 3. The first-order valence-corrected chi connectivity index (χ1v) is 14.8. The first-order chi connectivity index (χ1) is 22.0. The van der Waals surface area contributed by atoms with Crippen molar-refractivity contribution in [3.8, 4) is 11.1 Å². The average Bonchev–Trinajstić information content (AvgIpc) is 3.50. The number of anilines is 1. The molecule has 2 atom stereocenters. The van der Waals surface area contributed by atoms with E-state index in [4.69, 9.17) is 9.57 Å². The van der Waals surface area contributed by atoms with Crippen LogP contribution in [0, 0.1) is 12.7 Å². The van der Waals surface area contributed by atoms with Gasteiger partial charge in [-0.3, -0.25) is 10.1 Å². The molecule has 0 spiro atoms. The number of aryl methyl sites for hydroxylation is 1. The van der Waals surface area contributed by atoms with Gasteiger partial charge in [0, 0.05) is 16.8 Å². The maximum Gasteiger partial charge on any atom is 0.412 e. The number of amidine groups is 1. The highest BCUT2D eigenvalue weighted by molar-refractivity contribution is 5.99. The molecule has 0 saturated carbocycles. The van der Waals surface area contributed by atoms with Crippen LogP contribution in [0.5, 0.6) is 0 Å². The molecule has 4 aromatic carbocycles. The van der Waals surface area contributed by atoms with E-state index in [2.05, 4.69) is 21.1 Å². The van der Waals surface area contributed by atoms with Gasteiger partial charge in [0.2, 0.25) is 6.23 Å². The number of hydroxylamine groups is 1. The number of carbonyl (C=O) groups is 3. The first-order valence-electron chi connectivity index (χ1n) is 14.8. The second kappa shape index (κ2) is 13.7. The maximum absolute atomic E-state index is 15.2. The van der Waals surface area contributed by atoms with E-state index in [1.807, 2.05) is 37.3 Å². The third-order valence-electron chi connectivity index (χ3n) is 7.09. The summed E-state index contributed by atoms with van der Waals surface area (Å²) in [5.41, 5.74) is 7.41. The molecular weight excluding hydrogens is 587 g/mol. The van der Waals surface area contributed by atoms with Crippen molar-refractivity contribution in [3.63, 3.8) is 0 Å². The quantitative estimate of drug-likeness (QED) is 0.180. The van der Waals surface area contributed by atoms with Crippen molar-refractivity contribution in [2.24, 2.45) is 4.99 Å². The van der Waals surface area contributed by atoms with E-state index < -0.39 is 35.7 Å². The summed E-state index contributed by atoms with van der Waals surface area (Å²) in [7, 11) is 0. The fourth-order valence-corrected chi connectivity index (χ4v) is 4.80. The number of carbonyl (C=O) groups excluding carboxylic acids is 3. The van der Waals surface area contributed by atoms with Crippen LogP contribution in [-0.4, -0.2) is 35.8 Å². The molecule has 0 radical (unpaired) electrons. The van der Waals surface area contributed by atoms with Gasteiger partial charge in [-0.1, -0.05) is 60.2 Å².